The molecule has 0 radical (unpaired) electrons. The van der Waals surface area contributed by atoms with Crippen LogP contribution in [-0.2, 0) is 4.79 Å². The lowest BCUT2D eigenvalue weighted by molar-refractivity contribution is -0.123. The molecule has 0 unspecified atom stereocenters. The topological polar surface area (TPSA) is 29.5 Å². The minimum atomic E-state index is -0.0460. The van der Waals surface area contributed by atoms with Gasteiger partial charge in [-0.1, -0.05) is 48.5 Å². The third kappa shape index (κ3) is 2.79. The Hall–Kier alpha value is -2.81. The number of amides is 1. The van der Waals surface area contributed by atoms with E-state index in [1.165, 1.54) is 0 Å². The van der Waals surface area contributed by atoms with Gasteiger partial charge in [0.15, 0.2) is 0 Å². The first-order valence-electron chi connectivity index (χ1n) is 7.12. The van der Waals surface area contributed by atoms with Crippen molar-refractivity contribution in [3.63, 3.8) is 0 Å². The van der Waals surface area contributed by atoms with E-state index in [-0.39, 0.29) is 5.91 Å². The molecular weight excluding hydrogens is 274 g/mol. The normalized spacial score (nSPS) is 14.8. The Morgan fingerprint density at radius 2 is 1.68 bits per heavy atom. The van der Waals surface area contributed by atoms with Crippen LogP contribution in [0.1, 0.15) is 11.1 Å². The number of hydrogen-bond acceptors (Lipinski definition) is 2. The molecule has 3 heteroatoms. The second-order valence-electron chi connectivity index (χ2n) is 5.31. The number of ether oxygens (including phenoxy) is 1. The second-order valence-corrected chi connectivity index (χ2v) is 5.31. The van der Waals surface area contributed by atoms with Gasteiger partial charge >= 0.3 is 0 Å². The van der Waals surface area contributed by atoms with Gasteiger partial charge in [0.25, 0.3) is 0 Å². The highest BCUT2D eigenvalue weighted by atomic mass is 16.5. The van der Waals surface area contributed by atoms with E-state index in [1.54, 1.807) is 25.1 Å². The molecule has 0 fully saturated rings. The molecule has 22 heavy (non-hydrogen) atoms. The Labute approximate surface area is 130 Å². The first-order valence-corrected chi connectivity index (χ1v) is 7.12. The number of nitrogens with zero attached hydrogens (tertiary/aromatic N) is 1. The number of carbonyl (C=O) groups excluding carboxylic acids is 1. The number of hydrogen-bond donors (Lipinski definition) is 0. The van der Waals surface area contributed by atoms with Crippen molar-refractivity contribution >= 4 is 17.2 Å². The van der Waals surface area contributed by atoms with Gasteiger partial charge in [-0.2, -0.15) is 0 Å². The van der Waals surface area contributed by atoms with E-state index in [0.29, 0.717) is 0 Å². The maximum Gasteiger partial charge on any atom is 0.246 e. The van der Waals surface area contributed by atoms with Crippen molar-refractivity contribution < 1.29 is 9.53 Å². The fourth-order valence-corrected chi connectivity index (χ4v) is 2.29. The molecular formula is C19H17NO2. The van der Waals surface area contributed by atoms with Crippen molar-refractivity contribution in [1.82, 2.24) is 4.90 Å². The molecule has 1 aliphatic heterocycles. The standard InChI is InChI=1S/C19H17NO2/c1-20(2)19(21)13-15-12-18(14-8-4-3-5-9-14)22-17-11-7-6-10-16(15)17/h3-13H,1-2H3/b15-13+. The third-order valence-electron chi connectivity index (χ3n) is 3.48. The summed E-state index contributed by atoms with van der Waals surface area (Å²) in [7, 11) is 3.49. The Kier molecular flexibility index (Phi) is 3.79. The summed E-state index contributed by atoms with van der Waals surface area (Å²) in [6.07, 6.45) is 3.56. The Morgan fingerprint density at radius 3 is 2.41 bits per heavy atom. The summed E-state index contributed by atoms with van der Waals surface area (Å²) in [6.45, 7) is 0. The van der Waals surface area contributed by atoms with E-state index in [2.05, 4.69) is 0 Å². The van der Waals surface area contributed by atoms with Crippen molar-refractivity contribution in [3.05, 3.63) is 77.9 Å². The van der Waals surface area contributed by atoms with Crippen LogP contribution in [0.2, 0.25) is 0 Å². The minimum Gasteiger partial charge on any atom is -0.456 e. The number of benzene rings is 2. The Morgan fingerprint density at radius 1 is 1.00 bits per heavy atom. The Balaban J connectivity index is 2.09. The van der Waals surface area contributed by atoms with Gasteiger partial charge in [0.2, 0.25) is 5.91 Å². The molecule has 110 valence electrons. The van der Waals surface area contributed by atoms with Crippen LogP contribution in [0, 0.1) is 0 Å². The highest BCUT2D eigenvalue weighted by Gasteiger charge is 2.18. The number of para-hydroxylation sites is 1. The van der Waals surface area contributed by atoms with Gasteiger partial charge in [-0.15, -0.1) is 0 Å². The predicted molar refractivity (Wildman–Crippen MR) is 88.2 cm³/mol. The molecule has 0 aromatic heterocycles. The number of likely N-dealkylation sites (N-methyl/N-ethyl adjacent to an activating group) is 1. The van der Waals surface area contributed by atoms with Crippen LogP contribution in [0.3, 0.4) is 0 Å². The summed E-state index contributed by atoms with van der Waals surface area (Å²) < 4.78 is 5.99. The molecule has 0 N–H and O–H groups in total. The summed E-state index contributed by atoms with van der Waals surface area (Å²) >= 11 is 0. The summed E-state index contributed by atoms with van der Waals surface area (Å²) in [6, 6.07) is 17.6. The summed E-state index contributed by atoms with van der Waals surface area (Å²) in [4.78, 5) is 13.6. The van der Waals surface area contributed by atoms with Gasteiger partial charge in [0, 0.05) is 31.3 Å². The molecule has 1 heterocycles. The van der Waals surface area contributed by atoms with Gasteiger partial charge in [0.05, 0.1) is 0 Å². The molecule has 3 rings (SSSR count). The minimum absolute atomic E-state index is 0.0460. The maximum absolute atomic E-state index is 12.0. The molecule has 0 saturated carbocycles. The van der Waals surface area contributed by atoms with Crippen LogP contribution < -0.4 is 4.74 Å². The van der Waals surface area contributed by atoms with Crippen molar-refractivity contribution in [3.8, 4) is 5.75 Å². The highest BCUT2D eigenvalue weighted by molar-refractivity contribution is 6.00. The average molecular weight is 291 g/mol. The highest BCUT2D eigenvalue weighted by Crippen LogP contribution is 2.36. The molecule has 0 aliphatic carbocycles. The van der Waals surface area contributed by atoms with Crippen molar-refractivity contribution in [1.29, 1.82) is 0 Å². The lowest BCUT2D eigenvalue weighted by Gasteiger charge is -2.20. The predicted octanol–water partition coefficient (Wildman–Crippen LogP) is 3.59. The van der Waals surface area contributed by atoms with E-state index in [9.17, 15) is 4.79 Å². The van der Waals surface area contributed by atoms with E-state index < -0.39 is 0 Å². The van der Waals surface area contributed by atoms with E-state index in [0.717, 1.165) is 28.2 Å². The molecule has 1 aliphatic rings. The first-order chi connectivity index (χ1) is 10.6. The van der Waals surface area contributed by atoms with Crippen LogP contribution in [0.5, 0.6) is 5.75 Å². The van der Waals surface area contributed by atoms with Crippen LogP contribution in [0.4, 0.5) is 0 Å². The lowest BCUT2D eigenvalue weighted by atomic mass is 9.99. The van der Waals surface area contributed by atoms with E-state index >= 15 is 0 Å². The second kappa shape index (κ2) is 5.90. The van der Waals surface area contributed by atoms with Crippen molar-refractivity contribution in [2.45, 2.75) is 0 Å². The number of rotatable bonds is 2. The first kappa shape index (κ1) is 14.1. The lowest BCUT2D eigenvalue weighted by Crippen LogP contribution is -2.19. The molecule has 0 spiro atoms. The smallest absolute Gasteiger partial charge is 0.246 e. The average Bonchev–Trinajstić information content (AvgIpc) is 2.55. The number of allylic oxidation sites excluding steroid dienone is 2. The van der Waals surface area contributed by atoms with Gasteiger partial charge < -0.3 is 9.64 Å². The van der Waals surface area contributed by atoms with Crippen molar-refractivity contribution in [2.24, 2.45) is 0 Å². The zero-order chi connectivity index (χ0) is 15.5. The monoisotopic (exact) mass is 291 g/mol. The van der Waals surface area contributed by atoms with Gasteiger partial charge in [-0.05, 0) is 17.7 Å². The van der Waals surface area contributed by atoms with Crippen LogP contribution in [0.25, 0.3) is 11.3 Å². The molecule has 2 aromatic carbocycles. The maximum atomic E-state index is 12.0. The fraction of sp³-hybridized carbons (Fsp3) is 0.105. The van der Waals surface area contributed by atoms with Gasteiger partial charge in [0.1, 0.15) is 11.5 Å². The summed E-state index contributed by atoms with van der Waals surface area (Å²) in [5.74, 6) is 1.47. The number of carbonyl (C=O) groups is 1. The molecule has 0 atom stereocenters. The molecule has 1 amide bonds. The summed E-state index contributed by atoms with van der Waals surface area (Å²) in [5.41, 5.74) is 2.77. The fourth-order valence-electron chi connectivity index (χ4n) is 2.29. The molecule has 2 aromatic rings. The quantitative estimate of drug-likeness (QED) is 0.791. The molecule has 0 saturated heterocycles. The SMILES string of the molecule is CN(C)C(=O)/C=C1\C=C(c2ccccc2)Oc2ccccc21. The zero-order valence-corrected chi connectivity index (χ0v) is 12.6. The van der Waals surface area contributed by atoms with Crippen molar-refractivity contribution in [2.75, 3.05) is 14.1 Å². The van der Waals surface area contributed by atoms with Crippen LogP contribution >= 0.6 is 0 Å². The summed E-state index contributed by atoms with van der Waals surface area (Å²) in [5, 5.41) is 0. The van der Waals surface area contributed by atoms with E-state index in [4.69, 9.17) is 4.74 Å². The molecule has 0 bridgehead atoms. The van der Waals surface area contributed by atoms with Gasteiger partial charge in [-0.25, -0.2) is 0 Å². The van der Waals surface area contributed by atoms with Crippen LogP contribution in [0.15, 0.2) is 66.7 Å². The largest absolute Gasteiger partial charge is 0.456 e. The Bertz CT molecular complexity index is 758. The van der Waals surface area contributed by atoms with E-state index in [1.807, 2.05) is 60.7 Å². The molecule has 3 nitrogen and oxygen atoms in total. The zero-order valence-electron chi connectivity index (χ0n) is 12.6. The van der Waals surface area contributed by atoms with Crippen LogP contribution in [-0.4, -0.2) is 24.9 Å². The third-order valence-corrected chi connectivity index (χ3v) is 3.48. The van der Waals surface area contributed by atoms with Gasteiger partial charge in [-0.3, -0.25) is 4.79 Å². The number of fused-ring (bicyclic) bond motifs is 1.